The average Bonchev–Trinajstić information content (AvgIpc) is 2.87. The molecule has 4 nitrogen and oxygen atoms in total. The fourth-order valence-electron chi connectivity index (χ4n) is 3.50. The molecule has 1 N–H and O–H groups in total. The minimum atomic E-state index is -5.90. The molecule has 1 atom stereocenters. The van der Waals surface area contributed by atoms with Gasteiger partial charge in [0.25, 0.3) is 0 Å². The van der Waals surface area contributed by atoms with Crippen LogP contribution in [0.2, 0.25) is 0 Å². The third kappa shape index (κ3) is 8.14. The maximum absolute atomic E-state index is 13.7. The summed E-state index contributed by atoms with van der Waals surface area (Å²) < 4.78 is 166. The van der Waals surface area contributed by atoms with Gasteiger partial charge >= 0.3 is 30.8 Å². The zero-order valence-corrected chi connectivity index (χ0v) is 20.7. The van der Waals surface area contributed by atoms with Gasteiger partial charge in [0, 0.05) is 23.9 Å². The molecule has 16 heteroatoms. The third-order valence-electron chi connectivity index (χ3n) is 5.52. The minimum absolute atomic E-state index is 0.0136. The number of benzene rings is 3. The number of nitrogens with zero attached hydrogens (tertiary/aromatic N) is 1. The SMILES string of the molecule is O[C@H](CN(Cc1cccc(OC(F)(F)C(F)F)c1)c1cccc(Oc2cccc(C(F)(F)C(F)(F)F)c2)c1)C(F)(F)F. The predicted octanol–water partition coefficient (Wildman–Crippen LogP) is 8.30. The van der Waals surface area contributed by atoms with Crippen LogP contribution in [-0.2, 0) is 12.5 Å². The molecule has 0 aromatic heterocycles. The number of hydrogen-bond acceptors (Lipinski definition) is 4. The maximum Gasteiger partial charge on any atom is 0.461 e. The Morgan fingerprint density at radius 3 is 1.88 bits per heavy atom. The van der Waals surface area contributed by atoms with Gasteiger partial charge in [0.1, 0.15) is 17.2 Å². The van der Waals surface area contributed by atoms with E-state index in [2.05, 4.69) is 4.74 Å². The van der Waals surface area contributed by atoms with Crippen molar-refractivity contribution in [3.8, 4) is 17.2 Å². The summed E-state index contributed by atoms with van der Waals surface area (Å²) >= 11 is 0. The summed E-state index contributed by atoms with van der Waals surface area (Å²) in [6, 6.07) is 11.7. The van der Waals surface area contributed by atoms with E-state index in [0.717, 1.165) is 41.3 Å². The van der Waals surface area contributed by atoms with Crippen molar-refractivity contribution in [3.05, 3.63) is 83.9 Å². The fourth-order valence-corrected chi connectivity index (χ4v) is 3.50. The number of ether oxygens (including phenoxy) is 2. The van der Waals surface area contributed by atoms with Crippen LogP contribution in [0.1, 0.15) is 11.1 Å². The third-order valence-corrected chi connectivity index (χ3v) is 5.52. The second kappa shape index (κ2) is 12.2. The van der Waals surface area contributed by atoms with E-state index in [4.69, 9.17) is 4.74 Å². The Morgan fingerprint density at radius 2 is 1.29 bits per heavy atom. The van der Waals surface area contributed by atoms with Crippen LogP contribution in [0.5, 0.6) is 17.2 Å². The Morgan fingerprint density at radius 1 is 0.714 bits per heavy atom. The molecule has 0 saturated heterocycles. The molecule has 0 aliphatic carbocycles. The Hall–Kier alpha value is -3.82. The highest BCUT2D eigenvalue weighted by atomic mass is 19.4. The minimum Gasteiger partial charge on any atom is -0.457 e. The molecule has 0 bridgehead atoms. The van der Waals surface area contributed by atoms with Crippen molar-refractivity contribution in [2.45, 2.75) is 43.5 Å². The molecular weight excluding hydrogens is 602 g/mol. The van der Waals surface area contributed by atoms with Crippen LogP contribution in [0.4, 0.5) is 58.4 Å². The highest BCUT2D eigenvalue weighted by Gasteiger charge is 2.58. The van der Waals surface area contributed by atoms with E-state index < -0.39 is 67.1 Å². The van der Waals surface area contributed by atoms with Crippen molar-refractivity contribution in [1.29, 1.82) is 0 Å². The van der Waals surface area contributed by atoms with Crippen molar-refractivity contribution >= 4 is 5.69 Å². The monoisotopic (exact) mass is 621 g/mol. The van der Waals surface area contributed by atoms with Gasteiger partial charge in [-0.2, -0.15) is 52.7 Å². The van der Waals surface area contributed by atoms with E-state index in [1.807, 2.05) is 0 Å². The van der Waals surface area contributed by atoms with Gasteiger partial charge in [0.15, 0.2) is 6.10 Å². The lowest BCUT2D eigenvalue weighted by molar-refractivity contribution is -0.289. The zero-order chi connectivity index (χ0) is 31.5. The number of halogens is 12. The van der Waals surface area contributed by atoms with E-state index >= 15 is 0 Å². The van der Waals surface area contributed by atoms with Gasteiger partial charge in [-0.25, -0.2) is 0 Å². The first kappa shape index (κ1) is 32.7. The van der Waals surface area contributed by atoms with Gasteiger partial charge < -0.3 is 19.5 Å². The van der Waals surface area contributed by atoms with E-state index in [-0.39, 0.29) is 17.0 Å². The Bertz CT molecular complexity index is 1340. The Labute approximate surface area is 229 Å². The molecule has 0 heterocycles. The maximum atomic E-state index is 13.7. The quantitative estimate of drug-likeness (QED) is 0.219. The molecule has 230 valence electrons. The Balaban J connectivity index is 1.91. The number of anilines is 1. The number of alkyl halides is 12. The summed E-state index contributed by atoms with van der Waals surface area (Å²) in [5.41, 5.74) is -1.55. The van der Waals surface area contributed by atoms with Gasteiger partial charge in [0.05, 0.1) is 6.54 Å². The summed E-state index contributed by atoms with van der Waals surface area (Å²) in [4.78, 5) is 0.906. The fraction of sp³-hybridized carbons (Fsp3) is 0.308. The molecule has 3 rings (SSSR count). The van der Waals surface area contributed by atoms with E-state index in [0.29, 0.717) is 12.1 Å². The molecule has 3 aromatic rings. The van der Waals surface area contributed by atoms with Crippen molar-refractivity contribution in [3.63, 3.8) is 0 Å². The smallest absolute Gasteiger partial charge is 0.457 e. The van der Waals surface area contributed by atoms with Crippen molar-refractivity contribution < 1.29 is 67.3 Å². The highest BCUT2D eigenvalue weighted by Crippen LogP contribution is 2.45. The van der Waals surface area contributed by atoms with Crippen molar-refractivity contribution in [2.75, 3.05) is 11.4 Å². The van der Waals surface area contributed by atoms with Crippen LogP contribution in [0.15, 0.2) is 72.8 Å². The predicted molar refractivity (Wildman–Crippen MR) is 124 cm³/mol. The van der Waals surface area contributed by atoms with Crippen LogP contribution >= 0.6 is 0 Å². The summed E-state index contributed by atoms with van der Waals surface area (Å²) in [5, 5.41) is 9.67. The molecule has 0 fully saturated rings. The van der Waals surface area contributed by atoms with Crippen LogP contribution in [0.25, 0.3) is 0 Å². The topological polar surface area (TPSA) is 41.9 Å². The zero-order valence-electron chi connectivity index (χ0n) is 20.7. The lowest BCUT2D eigenvalue weighted by atomic mass is 10.1. The van der Waals surface area contributed by atoms with E-state index in [1.54, 1.807) is 0 Å². The Kier molecular flexibility index (Phi) is 9.49. The van der Waals surface area contributed by atoms with Crippen LogP contribution < -0.4 is 14.4 Å². The van der Waals surface area contributed by atoms with Gasteiger partial charge in [-0.1, -0.05) is 30.3 Å². The normalized spacial score (nSPS) is 13.7. The molecule has 0 unspecified atom stereocenters. The molecule has 0 amide bonds. The molecule has 0 spiro atoms. The van der Waals surface area contributed by atoms with Gasteiger partial charge in [-0.15, -0.1) is 0 Å². The van der Waals surface area contributed by atoms with Crippen LogP contribution in [0.3, 0.4) is 0 Å². The molecule has 3 aromatic carbocycles. The van der Waals surface area contributed by atoms with Gasteiger partial charge in [0.2, 0.25) is 0 Å². The lowest BCUT2D eigenvalue weighted by Crippen LogP contribution is -2.40. The van der Waals surface area contributed by atoms with Gasteiger partial charge in [-0.05, 0) is 42.0 Å². The second-order valence-corrected chi connectivity index (χ2v) is 8.75. The molecule has 0 radical (unpaired) electrons. The lowest BCUT2D eigenvalue weighted by Gasteiger charge is -2.29. The highest BCUT2D eigenvalue weighted by molar-refractivity contribution is 5.52. The first-order valence-corrected chi connectivity index (χ1v) is 11.6. The summed E-state index contributed by atoms with van der Waals surface area (Å²) in [6.07, 6.45) is -23.0. The van der Waals surface area contributed by atoms with E-state index in [1.165, 1.54) is 24.3 Å². The van der Waals surface area contributed by atoms with Gasteiger partial charge in [-0.3, -0.25) is 0 Å². The first-order chi connectivity index (χ1) is 19.3. The standard InChI is InChI=1S/C26H19F12NO3/c27-22(28)25(34,35)42-20-9-1-4-15(10-20)13-39(14-21(40)24(31,32)33)17-6-3-8-19(12-17)41-18-7-2-5-16(11-18)23(29,30)26(36,37)38/h1-12,21-22,40H,13-14H2/t21-/m1/s1. The summed E-state index contributed by atoms with van der Waals surface area (Å²) in [7, 11) is 0. The number of hydrogen-bond donors (Lipinski definition) is 1. The molecule has 0 saturated carbocycles. The number of aliphatic hydroxyl groups is 1. The largest absolute Gasteiger partial charge is 0.461 e. The molecule has 42 heavy (non-hydrogen) atoms. The number of aliphatic hydroxyl groups excluding tert-OH is 1. The van der Waals surface area contributed by atoms with Crippen LogP contribution in [-0.4, -0.2) is 42.6 Å². The number of rotatable bonds is 11. The molecular formula is C26H19F12NO3. The second-order valence-electron chi connectivity index (χ2n) is 8.75. The molecule has 0 aliphatic rings. The summed E-state index contributed by atoms with van der Waals surface area (Å²) in [6.45, 7) is -1.65. The summed E-state index contributed by atoms with van der Waals surface area (Å²) in [5.74, 6) is -6.64. The van der Waals surface area contributed by atoms with E-state index in [9.17, 15) is 57.8 Å². The van der Waals surface area contributed by atoms with Crippen molar-refractivity contribution in [1.82, 2.24) is 0 Å². The first-order valence-electron chi connectivity index (χ1n) is 11.6. The average molecular weight is 621 g/mol. The molecule has 0 aliphatic heterocycles. The van der Waals surface area contributed by atoms with Crippen LogP contribution in [0, 0.1) is 0 Å². The van der Waals surface area contributed by atoms with Crippen molar-refractivity contribution in [2.24, 2.45) is 0 Å².